The Bertz CT molecular complexity index is 551. The zero-order chi connectivity index (χ0) is 13.8. The van der Waals surface area contributed by atoms with Gasteiger partial charge in [0.15, 0.2) is 6.04 Å². The molecule has 1 aromatic heterocycles. The van der Waals surface area contributed by atoms with E-state index >= 15 is 0 Å². The second-order valence-corrected chi connectivity index (χ2v) is 4.34. The van der Waals surface area contributed by atoms with Gasteiger partial charge in [-0.3, -0.25) is 0 Å². The molecule has 0 saturated carbocycles. The van der Waals surface area contributed by atoms with Crippen molar-refractivity contribution in [3.05, 3.63) is 48.0 Å². The summed E-state index contributed by atoms with van der Waals surface area (Å²) < 4.78 is 1.40. The lowest BCUT2D eigenvalue weighted by Crippen LogP contribution is -2.30. The number of aliphatic hydroxyl groups excluding tert-OH is 1. The van der Waals surface area contributed by atoms with Gasteiger partial charge in [0.25, 0.3) is 0 Å². The van der Waals surface area contributed by atoms with Crippen molar-refractivity contribution in [1.82, 2.24) is 14.8 Å². The lowest BCUT2D eigenvalue weighted by Gasteiger charge is -2.18. The lowest BCUT2D eigenvalue weighted by molar-refractivity contribution is -0.144. The monoisotopic (exact) mass is 261 g/mol. The van der Waals surface area contributed by atoms with E-state index in [2.05, 4.69) is 10.2 Å². The number of rotatable bonds is 5. The van der Waals surface area contributed by atoms with Crippen LogP contribution in [0, 0.1) is 0 Å². The highest BCUT2D eigenvalue weighted by Gasteiger charge is 2.27. The highest BCUT2D eigenvalue weighted by Crippen LogP contribution is 2.16. The Kier molecular flexibility index (Phi) is 3.91. The molecule has 0 fully saturated rings. The van der Waals surface area contributed by atoms with Crippen LogP contribution in [0.15, 0.2) is 36.7 Å². The molecule has 0 spiro atoms. The van der Waals surface area contributed by atoms with Crippen LogP contribution in [0.1, 0.15) is 24.4 Å². The van der Waals surface area contributed by atoms with Crippen LogP contribution in [0.5, 0.6) is 0 Å². The van der Waals surface area contributed by atoms with Crippen LogP contribution < -0.4 is 0 Å². The van der Waals surface area contributed by atoms with E-state index in [1.165, 1.54) is 17.8 Å². The van der Waals surface area contributed by atoms with Crippen molar-refractivity contribution >= 4 is 5.97 Å². The summed E-state index contributed by atoms with van der Waals surface area (Å²) >= 11 is 0. The summed E-state index contributed by atoms with van der Waals surface area (Å²) in [5, 5.41) is 26.4. The fourth-order valence-electron chi connectivity index (χ4n) is 1.96. The van der Waals surface area contributed by atoms with E-state index in [4.69, 9.17) is 5.11 Å². The molecule has 2 atom stereocenters. The zero-order valence-corrected chi connectivity index (χ0v) is 10.5. The van der Waals surface area contributed by atoms with Gasteiger partial charge in [-0.2, -0.15) is 0 Å². The molecule has 2 unspecified atom stereocenters. The molecule has 0 radical (unpaired) electrons. The van der Waals surface area contributed by atoms with Crippen molar-refractivity contribution in [2.45, 2.75) is 25.5 Å². The van der Waals surface area contributed by atoms with E-state index in [9.17, 15) is 9.90 Å². The predicted octanol–water partition coefficient (Wildman–Crippen LogP) is 0.875. The first-order chi connectivity index (χ1) is 9.09. The van der Waals surface area contributed by atoms with Gasteiger partial charge in [-0.05, 0) is 12.5 Å². The Morgan fingerprint density at radius 1 is 1.37 bits per heavy atom. The van der Waals surface area contributed by atoms with Crippen molar-refractivity contribution in [3.63, 3.8) is 0 Å². The molecule has 1 aromatic carbocycles. The SMILES string of the molecule is CC(O)C(C(=O)O)n1cnnc1Cc1ccccc1. The number of hydrogen-bond donors (Lipinski definition) is 2. The largest absolute Gasteiger partial charge is 0.480 e. The van der Waals surface area contributed by atoms with Crippen molar-refractivity contribution < 1.29 is 15.0 Å². The van der Waals surface area contributed by atoms with Gasteiger partial charge in [0.1, 0.15) is 12.2 Å². The summed E-state index contributed by atoms with van der Waals surface area (Å²) in [4.78, 5) is 11.2. The number of hydrogen-bond acceptors (Lipinski definition) is 4. The third-order valence-electron chi connectivity index (χ3n) is 2.86. The molecule has 6 nitrogen and oxygen atoms in total. The van der Waals surface area contributed by atoms with Crippen LogP contribution in [-0.4, -0.2) is 37.1 Å². The average Bonchev–Trinajstić information content (AvgIpc) is 2.78. The summed E-state index contributed by atoms with van der Waals surface area (Å²) in [5.74, 6) is -0.594. The Labute approximate surface area is 110 Å². The molecule has 100 valence electrons. The van der Waals surface area contributed by atoms with Gasteiger partial charge < -0.3 is 14.8 Å². The highest BCUT2D eigenvalue weighted by molar-refractivity contribution is 5.72. The van der Waals surface area contributed by atoms with Gasteiger partial charge in [-0.25, -0.2) is 4.79 Å². The summed E-state index contributed by atoms with van der Waals surface area (Å²) in [6.07, 6.45) is 0.782. The first-order valence-corrected chi connectivity index (χ1v) is 5.92. The second kappa shape index (κ2) is 5.62. The second-order valence-electron chi connectivity index (χ2n) is 4.34. The van der Waals surface area contributed by atoms with Crippen LogP contribution in [0.2, 0.25) is 0 Å². The van der Waals surface area contributed by atoms with Gasteiger partial charge in [0.05, 0.1) is 6.10 Å². The van der Waals surface area contributed by atoms with Crippen molar-refractivity contribution in [2.75, 3.05) is 0 Å². The molecule has 19 heavy (non-hydrogen) atoms. The number of carboxylic acids is 1. The van der Waals surface area contributed by atoms with Crippen LogP contribution in [0.25, 0.3) is 0 Å². The quantitative estimate of drug-likeness (QED) is 0.834. The number of aliphatic hydroxyl groups is 1. The molecule has 0 aliphatic heterocycles. The first kappa shape index (κ1) is 13.2. The van der Waals surface area contributed by atoms with E-state index in [0.717, 1.165) is 5.56 Å². The van der Waals surface area contributed by atoms with Gasteiger partial charge >= 0.3 is 5.97 Å². The number of aromatic nitrogens is 3. The molecular weight excluding hydrogens is 246 g/mol. The normalized spacial score (nSPS) is 14.0. The fraction of sp³-hybridized carbons (Fsp3) is 0.308. The standard InChI is InChI=1S/C13H15N3O3/c1-9(17)12(13(18)19)16-8-14-15-11(16)7-10-5-3-2-4-6-10/h2-6,8-9,12,17H,7H2,1H3,(H,18,19). The van der Waals surface area contributed by atoms with Crippen LogP contribution in [-0.2, 0) is 11.2 Å². The van der Waals surface area contributed by atoms with Crippen LogP contribution >= 0.6 is 0 Å². The van der Waals surface area contributed by atoms with E-state index in [1.807, 2.05) is 30.3 Å². The van der Waals surface area contributed by atoms with E-state index in [0.29, 0.717) is 12.2 Å². The Balaban J connectivity index is 2.29. The Hall–Kier alpha value is -2.21. The maximum Gasteiger partial charge on any atom is 0.329 e. The summed E-state index contributed by atoms with van der Waals surface area (Å²) in [6, 6.07) is 8.49. The maximum absolute atomic E-state index is 11.2. The van der Waals surface area contributed by atoms with Crippen molar-refractivity contribution in [1.29, 1.82) is 0 Å². The maximum atomic E-state index is 11.2. The zero-order valence-electron chi connectivity index (χ0n) is 10.5. The van der Waals surface area contributed by atoms with Gasteiger partial charge in [-0.1, -0.05) is 30.3 Å². The molecule has 1 heterocycles. The first-order valence-electron chi connectivity index (χ1n) is 5.92. The van der Waals surface area contributed by atoms with E-state index < -0.39 is 18.1 Å². The topological polar surface area (TPSA) is 88.2 Å². The fourth-order valence-corrected chi connectivity index (χ4v) is 1.96. The van der Waals surface area contributed by atoms with E-state index in [-0.39, 0.29) is 0 Å². The molecular formula is C13H15N3O3. The molecule has 0 aliphatic carbocycles. The Morgan fingerprint density at radius 2 is 2.05 bits per heavy atom. The van der Waals surface area contributed by atoms with Gasteiger partial charge in [0, 0.05) is 6.42 Å². The van der Waals surface area contributed by atoms with Crippen molar-refractivity contribution in [2.24, 2.45) is 0 Å². The number of nitrogens with zero attached hydrogens (tertiary/aromatic N) is 3. The minimum absolute atomic E-state index is 0.470. The average molecular weight is 261 g/mol. The molecule has 0 amide bonds. The molecule has 0 saturated heterocycles. The molecule has 0 bridgehead atoms. The van der Waals surface area contributed by atoms with Gasteiger partial charge in [-0.15, -0.1) is 10.2 Å². The van der Waals surface area contributed by atoms with Crippen LogP contribution in [0.4, 0.5) is 0 Å². The molecule has 2 rings (SSSR count). The Morgan fingerprint density at radius 3 is 2.63 bits per heavy atom. The smallest absolute Gasteiger partial charge is 0.329 e. The molecule has 2 N–H and O–H groups in total. The number of benzene rings is 1. The third kappa shape index (κ3) is 2.97. The van der Waals surface area contributed by atoms with E-state index in [1.54, 1.807) is 0 Å². The highest BCUT2D eigenvalue weighted by atomic mass is 16.4. The summed E-state index contributed by atoms with van der Waals surface area (Å²) in [7, 11) is 0. The van der Waals surface area contributed by atoms with Crippen LogP contribution in [0.3, 0.4) is 0 Å². The lowest BCUT2D eigenvalue weighted by atomic mass is 10.1. The predicted molar refractivity (Wildman–Crippen MR) is 67.6 cm³/mol. The number of aliphatic carboxylic acids is 1. The molecule has 0 aliphatic rings. The van der Waals surface area contributed by atoms with Gasteiger partial charge in [0.2, 0.25) is 0 Å². The molecule has 2 aromatic rings. The summed E-state index contributed by atoms with van der Waals surface area (Å²) in [6.45, 7) is 1.44. The minimum atomic E-state index is -1.11. The molecule has 6 heteroatoms. The third-order valence-corrected chi connectivity index (χ3v) is 2.86. The summed E-state index contributed by atoms with van der Waals surface area (Å²) in [5.41, 5.74) is 1.01. The number of carboxylic acid groups (broad SMARTS) is 1. The minimum Gasteiger partial charge on any atom is -0.480 e. The van der Waals surface area contributed by atoms with Crippen molar-refractivity contribution in [3.8, 4) is 0 Å². The number of carbonyl (C=O) groups is 1.